The normalized spacial score (nSPS) is 11.4. The highest BCUT2D eigenvalue weighted by atomic mass is 35.5. The predicted octanol–water partition coefficient (Wildman–Crippen LogP) is 4.34. The molecule has 7 nitrogen and oxygen atoms in total. The van der Waals surface area contributed by atoms with Gasteiger partial charge in [0, 0.05) is 12.1 Å². The zero-order chi connectivity index (χ0) is 24.6. The second-order valence-corrected chi connectivity index (χ2v) is 7.57. The molecule has 1 aromatic carbocycles. The molecule has 0 saturated carbocycles. The van der Waals surface area contributed by atoms with Crippen molar-refractivity contribution in [1.29, 1.82) is 5.26 Å². The van der Waals surface area contributed by atoms with Crippen molar-refractivity contribution in [2.75, 3.05) is 39.1 Å². The number of aromatic nitrogens is 2. The summed E-state index contributed by atoms with van der Waals surface area (Å²) in [6.45, 7) is -0.718. The van der Waals surface area contributed by atoms with Gasteiger partial charge in [-0.1, -0.05) is 11.6 Å². The molecule has 0 atom stereocenters. The number of unbranched alkanes of at least 4 members (excludes halogenated alkanes) is 1. The van der Waals surface area contributed by atoms with Crippen LogP contribution in [0, 0.1) is 23.1 Å². The summed E-state index contributed by atoms with van der Waals surface area (Å²) >= 11 is 6.07. The quantitative estimate of drug-likeness (QED) is 0.159. The number of nitrogens with zero attached hydrogens (tertiary/aromatic N) is 4. The van der Waals surface area contributed by atoms with Gasteiger partial charge in [-0.15, -0.1) is 0 Å². The maximum atomic E-state index is 14.9. The molecule has 33 heavy (non-hydrogen) atoms. The fourth-order valence-electron chi connectivity index (χ4n) is 2.80. The minimum absolute atomic E-state index is 0.0738. The van der Waals surface area contributed by atoms with Crippen LogP contribution >= 0.6 is 11.6 Å². The summed E-state index contributed by atoms with van der Waals surface area (Å²) < 4.78 is 73.4. The van der Waals surface area contributed by atoms with Gasteiger partial charge in [-0.05, 0) is 33.5 Å². The molecule has 0 fully saturated rings. The van der Waals surface area contributed by atoms with Crippen LogP contribution < -0.4 is 15.4 Å². The second kappa shape index (κ2) is 11.8. The fraction of sp³-hybridized carbons (Fsp3) is 0.450. The first-order chi connectivity index (χ1) is 15.5. The topological polar surface area (TPSA) is 86.1 Å². The Morgan fingerprint density at radius 3 is 2.36 bits per heavy atom. The summed E-state index contributed by atoms with van der Waals surface area (Å²) in [6.07, 6.45) is -1.55. The molecule has 0 spiro atoms. The van der Waals surface area contributed by atoms with Gasteiger partial charge >= 0.3 is 6.18 Å². The van der Waals surface area contributed by atoms with Crippen LogP contribution in [0.25, 0.3) is 11.1 Å². The molecule has 2 N–H and O–H groups in total. The van der Waals surface area contributed by atoms with Crippen molar-refractivity contribution in [3.8, 4) is 23.1 Å². The molecule has 0 aliphatic carbocycles. The van der Waals surface area contributed by atoms with Crippen molar-refractivity contribution in [2.45, 2.75) is 25.6 Å². The molecule has 0 bridgehead atoms. The van der Waals surface area contributed by atoms with E-state index in [0.717, 1.165) is 25.1 Å². The zero-order valence-electron chi connectivity index (χ0n) is 17.9. The van der Waals surface area contributed by atoms with E-state index in [1.165, 1.54) is 0 Å². The first kappa shape index (κ1) is 26.3. The first-order valence-electron chi connectivity index (χ1n) is 9.77. The molecule has 2 rings (SSSR count). The third-order valence-corrected chi connectivity index (χ3v) is 4.50. The van der Waals surface area contributed by atoms with E-state index in [0.29, 0.717) is 6.42 Å². The highest BCUT2D eigenvalue weighted by Crippen LogP contribution is 2.38. The molecule has 0 radical (unpaired) electrons. The van der Waals surface area contributed by atoms with Crippen molar-refractivity contribution in [1.82, 2.24) is 20.2 Å². The van der Waals surface area contributed by atoms with Gasteiger partial charge in [0.2, 0.25) is 0 Å². The molecular formula is C20H22ClF5N6O. The average molecular weight is 493 g/mol. The molecular weight excluding hydrogens is 471 g/mol. The third-order valence-electron chi connectivity index (χ3n) is 4.23. The summed E-state index contributed by atoms with van der Waals surface area (Å²) in [5, 5.41) is 12.3. The van der Waals surface area contributed by atoms with E-state index in [1.807, 2.05) is 24.3 Å². The molecule has 0 aliphatic rings. The Balaban J connectivity index is 2.36. The Bertz CT molecular complexity index is 973. The molecule has 0 amide bonds. The lowest BCUT2D eigenvalue weighted by Crippen LogP contribution is -2.23. The van der Waals surface area contributed by atoms with Crippen molar-refractivity contribution >= 4 is 17.4 Å². The summed E-state index contributed by atoms with van der Waals surface area (Å²) in [5.74, 6) is -2.97. The number of hydrogen-bond acceptors (Lipinski definition) is 7. The minimum Gasteiger partial charge on any atom is -0.493 e. The number of halogens is 6. The van der Waals surface area contributed by atoms with Crippen LogP contribution in [0.4, 0.5) is 27.8 Å². The van der Waals surface area contributed by atoms with Crippen molar-refractivity contribution in [3.05, 3.63) is 34.7 Å². The molecule has 180 valence electrons. The van der Waals surface area contributed by atoms with Crippen LogP contribution in [0.2, 0.25) is 5.15 Å². The number of rotatable bonds is 11. The maximum absolute atomic E-state index is 14.9. The van der Waals surface area contributed by atoms with E-state index >= 15 is 0 Å². The van der Waals surface area contributed by atoms with Crippen LogP contribution in [0.1, 0.15) is 18.7 Å². The SMILES string of the molecule is CN(C)CCCCOc1cc(F)c(-c2c(Cl)nc(CNC#N)nc2NCC(F)(F)F)c(F)c1. The Morgan fingerprint density at radius 2 is 1.79 bits per heavy atom. The second-order valence-electron chi connectivity index (χ2n) is 7.21. The number of anilines is 1. The monoisotopic (exact) mass is 492 g/mol. The van der Waals surface area contributed by atoms with Crippen LogP contribution in [-0.2, 0) is 6.54 Å². The number of nitriles is 1. The van der Waals surface area contributed by atoms with E-state index in [1.54, 1.807) is 6.19 Å². The number of nitrogens with one attached hydrogen (secondary N) is 2. The molecule has 2 aromatic rings. The van der Waals surface area contributed by atoms with E-state index in [4.69, 9.17) is 21.6 Å². The standard InChI is InChI=1S/C20H22ClF5N6O/c1-32(2)5-3-4-6-33-12-7-13(22)16(14(23)8-12)17-18(21)30-15(9-28-11-27)31-19(17)29-10-20(24,25)26/h7-8,28H,3-6,9-10H2,1-2H3,(H,29,30,31). The van der Waals surface area contributed by atoms with Crippen LogP contribution in [0.3, 0.4) is 0 Å². The Hall–Kier alpha value is -2.91. The summed E-state index contributed by atoms with van der Waals surface area (Å²) in [7, 11) is 3.84. The number of ether oxygens (including phenoxy) is 1. The van der Waals surface area contributed by atoms with Gasteiger partial charge in [0.25, 0.3) is 0 Å². The largest absolute Gasteiger partial charge is 0.493 e. The molecule has 0 unspecified atom stereocenters. The van der Waals surface area contributed by atoms with Gasteiger partial charge in [-0.3, -0.25) is 0 Å². The molecule has 0 saturated heterocycles. The molecule has 1 aromatic heterocycles. The fourth-order valence-corrected chi connectivity index (χ4v) is 3.08. The van der Waals surface area contributed by atoms with Gasteiger partial charge in [0.1, 0.15) is 34.9 Å². The van der Waals surface area contributed by atoms with E-state index in [-0.39, 0.29) is 24.7 Å². The van der Waals surface area contributed by atoms with Crippen LogP contribution in [-0.4, -0.2) is 54.8 Å². The Morgan fingerprint density at radius 1 is 1.12 bits per heavy atom. The van der Waals surface area contributed by atoms with Crippen molar-refractivity contribution in [3.63, 3.8) is 0 Å². The lowest BCUT2D eigenvalue weighted by Gasteiger charge is -2.17. The van der Waals surface area contributed by atoms with Gasteiger partial charge < -0.3 is 20.3 Å². The van der Waals surface area contributed by atoms with Crippen LogP contribution in [0.5, 0.6) is 5.75 Å². The summed E-state index contributed by atoms with van der Waals surface area (Å²) in [6, 6.07) is 1.83. The highest BCUT2D eigenvalue weighted by Gasteiger charge is 2.29. The van der Waals surface area contributed by atoms with Gasteiger partial charge in [-0.25, -0.2) is 18.7 Å². The summed E-state index contributed by atoms with van der Waals surface area (Å²) in [4.78, 5) is 9.67. The average Bonchev–Trinajstić information content (AvgIpc) is 2.70. The lowest BCUT2D eigenvalue weighted by molar-refractivity contribution is -0.115. The highest BCUT2D eigenvalue weighted by molar-refractivity contribution is 6.32. The van der Waals surface area contributed by atoms with Crippen molar-refractivity contribution in [2.24, 2.45) is 0 Å². The molecule has 13 heteroatoms. The lowest BCUT2D eigenvalue weighted by atomic mass is 10.1. The zero-order valence-corrected chi connectivity index (χ0v) is 18.6. The number of benzene rings is 1. The predicted molar refractivity (Wildman–Crippen MR) is 113 cm³/mol. The molecule has 0 aliphatic heterocycles. The van der Waals surface area contributed by atoms with Gasteiger partial charge in [-0.2, -0.15) is 18.4 Å². The summed E-state index contributed by atoms with van der Waals surface area (Å²) in [5.41, 5.74) is -1.18. The van der Waals surface area contributed by atoms with Crippen molar-refractivity contribution < 1.29 is 26.7 Å². The van der Waals surface area contributed by atoms with Gasteiger partial charge in [0.05, 0.1) is 24.3 Å². The van der Waals surface area contributed by atoms with Crippen LogP contribution in [0.15, 0.2) is 12.1 Å². The van der Waals surface area contributed by atoms with Gasteiger partial charge in [0.15, 0.2) is 12.0 Å². The molecule has 1 heterocycles. The van der Waals surface area contributed by atoms with E-state index < -0.39 is 46.5 Å². The third kappa shape index (κ3) is 8.18. The Labute approximate surface area is 192 Å². The Kier molecular flexibility index (Phi) is 9.43. The van der Waals surface area contributed by atoms with E-state index in [2.05, 4.69) is 15.3 Å². The minimum atomic E-state index is -4.64. The maximum Gasteiger partial charge on any atom is 0.405 e. The first-order valence-corrected chi connectivity index (χ1v) is 10.2. The smallest absolute Gasteiger partial charge is 0.405 e. The van der Waals surface area contributed by atoms with E-state index in [9.17, 15) is 22.0 Å². The number of hydrogen-bond donors (Lipinski definition) is 2. The number of alkyl halides is 3.